The lowest BCUT2D eigenvalue weighted by Gasteiger charge is -2.33. The molecule has 0 aromatic heterocycles. The van der Waals surface area contributed by atoms with Gasteiger partial charge in [0.15, 0.2) is 6.21 Å². The minimum atomic E-state index is -0.986. The molecule has 0 aromatic carbocycles. The summed E-state index contributed by atoms with van der Waals surface area (Å²) in [5, 5.41) is 22.9. The third-order valence-corrected chi connectivity index (χ3v) is 3.13. The van der Waals surface area contributed by atoms with E-state index in [1.54, 1.807) is 0 Å². The summed E-state index contributed by atoms with van der Waals surface area (Å²) in [5.41, 5.74) is 0. The van der Waals surface area contributed by atoms with Crippen LogP contribution in [-0.2, 0) is 4.74 Å². The van der Waals surface area contributed by atoms with Gasteiger partial charge in [0, 0.05) is 0 Å². The van der Waals surface area contributed by atoms with Crippen molar-refractivity contribution in [3.05, 3.63) is 0 Å². The SMILES string of the molecule is CCNC(S)=[N+]=CC1COC(CCl)C(O)C1O. The Hall–Kier alpha value is -0.230. The first-order valence-electron chi connectivity index (χ1n) is 5.47. The van der Waals surface area contributed by atoms with Crippen LogP contribution in [0, 0.1) is 5.92 Å². The monoisotopic (exact) mass is 281 g/mol. The number of aliphatic hydroxyl groups is 2. The van der Waals surface area contributed by atoms with Gasteiger partial charge in [0.2, 0.25) is 0 Å². The minimum Gasteiger partial charge on any atom is -0.389 e. The number of hydrogen-bond donors (Lipinski definition) is 4. The molecule has 1 rings (SSSR count). The molecular weight excluding hydrogens is 264 g/mol. The van der Waals surface area contributed by atoms with Crippen molar-refractivity contribution in [2.75, 3.05) is 19.0 Å². The van der Waals surface area contributed by atoms with Crippen molar-refractivity contribution < 1.29 is 14.9 Å². The van der Waals surface area contributed by atoms with Gasteiger partial charge in [-0.1, -0.05) is 0 Å². The van der Waals surface area contributed by atoms with Crippen molar-refractivity contribution in [2.45, 2.75) is 25.2 Å². The predicted octanol–water partition coefficient (Wildman–Crippen LogP) is -1.00. The van der Waals surface area contributed by atoms with Crippen LogP contribution in [0.5, 0.6) is 0 Å². The highest BCUT2D eigenvalue weighted by Crippen LogP contribution is 2.19. The number of halogens is 1. The number of ether oxygens (including phenoxy) is 1. The van der Waals surface area contributed by atoms with Gasteiger partial charge in [0.05, 0.1) is 37.2 Å². The van der Waals surface area contributed by atoms with E-state index in [0.29, 0.717) is 5.17 Å². The molecule has 3 N–H and O–H groups in total. The number of thiol groups is 1. The Morgan fingerprint density at radius 1 is 1.59 bits per heavy atom. The maximum Gasteiger partial charge on any atom is 0.400 e. The van der Waals surface area contributed by atoms with Crippen LogP contribution in [0.4, 0.5) is 0 Å². The molecule has 98 valence electrons. The van der Waals surface area contributed by atoms with Crippen LogP contribution in [0.15, 0.2) is 0 Å². The fraction of sp³-hybridized carbons (Fsp3) is 0.800. The lowest BCUT2D eigenvalue weighted by atomic mass is 9.94. The molecular formula is C10H18ClN2O3S+. The number of amidine groups is 1. The number of nitrogens with one attached hydrogen (secondary N) is 1. The Labute approximate surface area is 111 Å². The predicted molar refractivity (Wildman–Crippen MR) is 71.8 cm³/mol. The zero-order valence-electron chi connectivity index (χ0n) is 9.58. The molecule has 0 aromatic rings. The highest BCUT2D eigenvalue weighted by Gasteiger charge is 2.38. The minimum absolute atomic E-state index is 0.156. The van der Waals surface area contributed by atoms with E-state index in [9.17, 15) is 10.2 Å². The van der Waals surface area contributed by atoms with Gasteiger partial charge in [-0.3, -0.25) is 5.32 Å². The molecule has 5 nitrogen and oxygen atoms in total. The molecule has 4 atom stereocenters. The zero-order valence-corrected chi connectivity index (χ0v) is 11.2. The Morgan fingerprint density at radius 2 is 2.29 bits per heavy atom. The average Bonchev–Trinajstić information content (AvgIpc) is 2.31. The van der Waals surface area contributed by atoms with E-state index >= 15 is 0 Å². The van der Waals surface area contributed by atoms with Crippen LogP contribution in [0.2, 0.25) is 0 Å². The van der Waals surface area contributed by atoms with E-state index in [1.807, 2.05) is 6.92 Å². The molecule has 17 heavy (non-hydrogen) atoms. The van der Waals surface area contributed by atoms with Gasteiger partial charge in [-0.15, -0.1) is 11.6 Å². The van der Waals surface area contributed by atoms with E-state index in [2.05, 4.69) is 22.6 Å². The highest BCUT2D eigenvalue weighted by atomic mass is 35.5. The van der Waals surface area contributed by atoms with Crippen LogP contribution in [0.25, 0.3) is 0 Å². The molecule has 0 radical (unpaired) electrons. The zero-order chi connectivity index (χ0) is 12.8. The van der Waals surface area contributed by atoms with E-state index in [-0.39, 0.29) is 18.4 Å². The second-order valence-corrected chi connectivity index (χ2v) is 4.54. The van der Waals surface area contributed by atoms with Crippen molar-refractivity contribution >= 4 is 35.6 Å². The van der Waals surface area contributed by atoms with E-state index in [0.717, 1.165) is 6.54 Å². The summed E-state index contributed by atoms with van der Waals surface area (Å²) in [6.07, 6.45) is -0.896. The topological polar surface area (TPSA) is 75.8 Å². The number of nitrogens with zero attached hydrogens (tertiary/aromatic N) is 1. The smallest absolute Gasteiger partial charge is 0.389 e. The molecule has 0 bridgehead atoms. The van der Waals surface area contributed by atoms with E-state index < -0.39 is 18.3 Å². The molecule has 1 fully saturated rings. The second kappa shape index (κ2) is 7.26. The molecule has 7 heteroatoms. The normalized spacial score (nSPS) is 32.8. The van der Waals surface area contributed by atoms with Crippen LogP contribution >= 0.6 is 24.2 Å². The summed E-state index contributed by atoms with van der Waals surface area (Å²) in [6, 6.07) is 0. The van der Waals surface area contributed by atoms with Crippen molar-refractivity contribution in [1.29, 1.82) is 0 Å². The summed E-state index contributed by atoms with van der Waals surface area (Å²) in [6.45, 7) is 2.93. The molecule has 0 amide bonds. The quantitative estimate of drug-likeness (QED) is 0.176. The van der Waals surface area contributed by atoms with Gasteiger partial charge in [-0.05, 0) is 19.6 Å². The van der Waals surface area contributed by atoms with Gasteiger partial charge < -0.3 is 14.9 Å². The van der Waals surface area contributed by atoms with E-state index in [4.69, 9.17) is 16.3 Å². The third kappa shape index (κ3) is 4.17. The Kier molecular flexibility index (Phi) is 6.33. The second-order valence-electron chi connectivity index (χ2n) is 3.80. The maximum atomic E-state index is 9.85. The molecule has 0 saturated carbocycles. The molecule has 4 unspecified atom stereocenters. The number of hydrogen-bond acceptors (Lipinski definition) is 3. The van der Waals surface area contributed by atoms with Crippen molar-refractivity contribution in [2.24, 2.45) is 5.92 Å². The van der Waals surface area contributed by atoms with Crippen LogP contribution in [0.1, 0.15) is 6.92 Å². The largest absolute Gasteiger partial charge is 0.400 e. The summed E-state index contributed by atoms with van der Waals surface area (Å²) in [4.78, 5) is 0. The van der Waals surface area contributed by atoms with Crippen LogP contribution in [0.3, 0.4) is 0 Å². The highest BCUT2D eigenvalue weighted by molar-refractivity contribution is 7.96. The first kappa shape index (κ1) is 14.8. The fourth-order valence-corrected chi connectivity index (χ4v) is 2.04. The first-order chi connectivity index (χ1) is 8.10. The molecule has 0 aliphatic carbocycles. The first-order valence-corrected chi connectivity index (χ1v) is 6.46. The molecule has 1 aliphatic heterocycles. The Morgan fingerprint density at radius 3 is 2.88 bits per heavy atom. The van der Waals surface area contributed by atoms with Gasteiger partial charge in [-0.2, -0.15) is 0 Å². The van der Waals surface area contributed by atoms with Gasteiger partial charge >= 0.3 is 5.17 Å². The van der Waals surface area contributed by atoms with Gasteiger partial charge in [-0.25, -0.2) is 4.67 Å². The lowest BCUT2D eigenvalue weighted by Crippen LogP contribution is -2.51. The lowest BCUT2D eigenvalue weighted by molar-refractivity contribution is -0.140. The Balaban J connectivity index is 2.65. The standard InChI is InChI=1S/C10H17ClN2O3S/c1-2-12-10(17)13-4-6-5-16-7(3-11)9(15)8(6)14/h4,6-9,14-15H,2-3,5H2,1H3,(H,12,17)/p+1. The van der Waals surface area contributed by atoms with Gasteiger partial charge in [0.1, 0.15) is 6.10 Å². The van der Waals surface area contributed by atoms with Crippen molar-refractivity contribution in [1.82, 2.24) is 9.98 Å². The summed E-state index contributed by atoms with van der Waals surface area (Å²) in [5.74, 6) is -0.200. The number of rotatable bonds is 3. The molecule has 1 saturated heterocycles. The number of aliphatic hydroxyl groups excluding tert-OH is 2. The summed E-state index contributed by atoms with van der Waals surface area (Å²) < 4.78 is 9.36. The fourth-order valence-electron chi connectivity index (χ4n) is 1.54. The summed E-state index contributed by atoms with van der Waals surface area (Å²) >= 11 is 9.70. The average molecular weight is 282 g/mol. The van der Waals surface area contributed by atoms with Crippen LogP contribution < -0.4 is 9.98 Å². The molecule has 1 heterocycles. The summed E-state index contributed by atoms with van der Waals surface area (Å²) in [7, 11) is 0. The maximum absolute atomic E-state index is 9.85. The molecule has 0 spiro atoms. The van der Waals surface area contributed by atoms with E-state index in [1.165, 1.54) is 6.21 Å². The van der Waals surface area contributed by atoms with Crippen molar-refractivity contribution in [3.8, 4) is 0 Å². The van der Waals surface area contributed by atoms with Crippen LogP contribution in [-0.4, -0.2) is 58.9 Å². The third-order valence-electron chi connectivity index (χ3n) is 2.55. The van der Waals surface area contributed by atoms with Crippen molar-refractivity contribution in [3.63, 3.8) is 0 Å². The molecule has 1 aliphatic rings. The Bertz CT molecular complexity index is 310. The van der Waals surface area contributed by atoms with Gasteiger partial charge in [0.25, 0.3) is 0 Å². The number of alkyl halides is 1.